The maximum Gasteiger partial charge on any atom is 0.354 e. The van der Waals surface area contributed by atoms with Crippen molar-refractivity contribution in [1.82, 2.24) is 9.97 Å². The highest BCUT2D eigenvalue weighted by Gasteiger charge is 2.41. The van der Waals surface area contributed by atoms with Crippen molar-refractivity contribution in [2.75, 3.05) is 6.61 Å². The Morgan fingerprint density at radius 1 is 1.38 bits per heavy atom. The van der Waals surface area contributed by atoms with Crippen molar-refractivity contribution < 1.29 is 27.2 Å². The number of ether oxygens (including phenoxy) is 2. The van der Waals surface area contributed by atoms with Crippen LogP contribution in [0, 0.1) is 34.2 Å². The SMILES string of the molecule is Cc1nc(OC2CCOC(C)(C)C2)c([N+](=O)[O-])c(C(C#N)S(=O)(=O)c2ccccc2F)n1. The largest absolute Gasteiger partial charge is 0.469 e. The summed E-state index contributed by atoms with van der Waals surface area (Å²) in [6.07, 6.45) is 0.370. The van der Waals surface area contributed by atoms with Crippen molar-refractivity contribution in [3.63, 3.8) is 0 Å². The summed E-state index contributed by atoms with van der Waals surface area (Å²) in [5.74, 6) is -1.55. The fourth-order valence-electron chi connectivity index (χ4n) is 3.51. The van der Waals surface area contributed by atoms with Crippen LogP contribution in [-0.2, 0) is 14.6 Å². The van der Waals surface area contributed by atoms with Gasteiger partial charge in [-0.15, -0.1) is 0 Å². The number of hydrogen-bond donors (Lipinski definition) is 0. The average molecular weight is 464 g/mol. The number of aryl methyl sites for hydroxylation is 1. The van der Waals surface area contributed by atoms with E-state index in [-0.39, 0.29) is 5.82 Å². The second-order valence-corrected chi connectivity index (χ2v) is 9.89. The zero-order chi connectivity index (χ0) is 23.7. The fraction of sp³-hybridized carbons (Fsp3) is 0.450. The molecule has 1 aromatic carbocycles. The van der Waals surface area contributed by atoms with Crippen LogP contribution in [0.1, 0.15) is 43.5 Å². The predicted molar refractivity (Wildman–Crippen MR) is 109 cm³/mol. The third-order valence-corrected chi connectivity index (χ3v) is 6.82. The highest BCUT2D eigenvalue weighted by Crippen LogP contribution is 2.39. The third-order valence-electron chi connectivity index (χ3n) is 4.92. The zero-order valence-corrected chi connectivity index (χ0v) is 18.4. The summed E-state index contributed by atoms with van der Waals surface area (Å²) >= 11 is 0. The molecule has 2 aromatic rings. The quantitative estimate of drug-likeness (QED) is 0.464. The molecule has 1 aliphatic rings. The van der Waals surface area contributed by atoms with Crippen molar-refractivity contribution in [2.24, 2.45) is 0 Å². The number of aromatic nitrogens is 2. The highest BCUT2D eigenvalue weighted by molar-refractivity contribution is 7.92. The van der Waals surface area contributed by atoms with Crippen LogP contribution in [0.25, 0.3) is 0 Å². The molecule has 2 atom stereocenters. The van der Waals surface area contributed by atoms with Gasteiger partial charge in [0.25, 0.3) is 5.88 Å². The Morgan fingerprint density at radius 2 is 2.06 bits per heavy atom. The monoisotopic (exact) mass is 464 g/mol. The lowest BCUT2D eigenvalue weighted by Gasteiger charge is -2.35. The van der Waals surface area contributed by atoms with Gasteiger partial charge < -0.3 is 9.47 Å². The molecule has 1 saturated heterocycles. The van der Waals surface area contributed by atoms with Crippen molar-refractivity contribution >= 4 is 15.5 Å². The van der Waals surface area contributed by atoms with Gasteiger partial charge in [0.2, 0.25) is 15.1 Å². The lowest BCUT2D eigenvalue weighted by molar-refractivity contribution is -0.387. The lowest BCUT2D eigenvalue weighted by atomic mass is 9.96. The minimum absolute atomic E-state index is 0.0316. The Balaban J connectivity index is 2.13. The van der Waals surface area contributed by atoms with Crippen LogP contribution in [0.2, 0.25) is 0 Å². The molecule has 2 heterocycles. The first kappa shape index (κ1) is 23.5. The van der Waals surface area contributed by atoms with E-state index >= 15 is 0 Å². The molecular weight excluding hydrogens is 443 g/mol. The van der Waals surface area contributed by atoms with Crippen LogP contribution in [0.4, 0.5) is 10.1 Å². The van der Waals surface area contributed by atoms with Crippen molar-refractivity contribution in [3.05, 3.63) is 51.7 Å². The molecule has 0 spiro atoms. The molecule has 0 saturated carbocycles. The first-order valence-corrected chi connectivity index (χ1v) is 11.2. The summed E-state index contributed by atoms with van der Waals surface area (Å²) in [6.45, 7) is 5.45. The van der Waals surface area contributed by atoms with Crippen LogP contribution < -0.4 is 4.74 Å². The molecule has 1 aliphatic heterocycles. The molecule has 2 unspecified atom stereocenters. The van der Waals surface area contributed by atoms with E-state index in [1.807, 2.05) is 13.8 Å². The van der Waals surface area contributed by atoms with E-state index in [0.717, 1.165) is 12.1 Å². The van der Waals surface area contributed by atoms with Crippen LogP contribution >= 0.6 is 0 Å². The van der Waals surface area contributed by atoms with E-state index in [2.05, 4.69) is 9.97 Å². The van der Waals surface area contributed by atoms with E-state index in [9.17, 15) is 28.2 Å². The summed E-state index contributed by atoms with van der Waals surface area (Å²) < 4.78 is 51.7. The highest BCUT2D eigenvalue weighted by atomic mass is 32.2. The maximum atomic E-state index is 14.2. The Labute approximate surface area is 184 Å². The smallest absolute Gasteiger partial charge is 0.354 e. The lowest BCUT2D eigenvalue weighted by Crippen LogP contribution is -2.39. The van der Waals surface area contributed by atoms with E-state index < -0.39 is 59.7 Å². The number of benzene rings is 1. The Morgan fingerprint density at radius 3 is 2.66 bits per heavy atom. The van der Waals surface area contributed by atoms with Gasteiger partial charge in [-0.05, 0) is 32.9 Å². The Hall–Kier alpha value is -3.17. The Bertz CT molecular complexity index is 1200. The van der Waals surface area contributed by atoms with Gasteiger partial charge in [-0.3, -0.25) is 10.1 Å². The fourth-order valence-corrected chi connectivity index (χ4v) is 4.97. The summed E-state index contributed by atoms with van der Waals surface area (Å²) in [4.78, 5) is 18.1. The molecule has 32 heavy (non-hydrogen) atoms. The first-order chi connectivity index (χ1) is 15.0. The van der Waals surface area contributed by atoms with E-state index in [4.69, 9.17) is 9.47 Å². The van der Waals surface area contributed by atoms with Crippen molar-refractivity contribution in [2.45, 2.75) is 55.5 Å². The second kappa shape index (κ2) is 8.76. The number of rotatable bonds is 6. The van der Waals surface area contributed by atoms with Gasteiger partial charge in [0, 0.05) is 12.8 Å². The minimum Gasteiger partial charge on any atom is -0.469 e. The van der Waals surface area contributed by atoms with Gasteiger partial charge in [-0.2, -0.15) is 10.2 Å². The number of halogens is 1. The summed E-state index contributed by atoms with van der Waals surface area (Å²) in [6, 6.07) is 6.00. The molecule has 0 amide bonds. The third kappa shape index (κ3) is 4.68. The number of nitro groups is 1. The molecule has 10 nitrogen and oxygen atoms in total. The standard InChI is InChI=1S/C20H21FN4O6S/c1-12-23-17(16(11-22)32(28,29)15-7-5-4-6-14(15)21)18(25(26)27)19(24-12)31-13-8-9-30-20(2,3)10-13/h4-7,13,16H,8-10H2,1-3H3. The topological polar surface area (TPSA) is 145 Å². The molecule has 1 fully saturated rings. The van der Waals surface area contributed by atoms with Gasteiger partial charge in [0.1, 0.15) is 22.6 Å². The Kier molecular flexibility index (Phi) is 6.43. The van der Waals surface area contributed by atoms with Gasteiger partial charge in [0.05, 0.1) is 23.2 Å². The van der Waals surface area contributed by atoms with Crippen LogP contribution in [0.3, 0.4) is 0 Å². The van der Waals surface area contributed by atoms with E-state index in [0.29, 0.717) is 19.4 Å². The average Bonchev–Trinajstić information content (AvgIpc) is 2.67. The molecule has 1 aromatic heterocycles. The van der Waals surface area contributed by atoms with E-state index in [1.165, 1.54) is 25.1 Å². The maximum absolute atomic E-state index is 14.2. The number of hydrogen-bond acceptors (Lipinski definition) is 9. The number of sulfone groups is 1. The van der Waals surface area contributed by atoms with Crippen LogP contribution in [-0.4, -0.2) is 41.6 Å². The van der Waals surface area contributed by atoms with E-state index in [1.54, 1.807) is 0 Å². The molecule has 0 radical (unpaired) electrons. The minimum atomic E-state index is -4.68. The van der Waals surface area contributed by atoms with Crippen LogP contribution in [0.15, 0.2) is 29.2 Å². The molecule has 12 heteroatoms. The summed E-state index contributed by atoms with van der Waals surface area (Å²) in [7, 11) is -4.68. The first-order valence-electron chi connectivity index (χ1n) is 9.68. The summed E-state index contributed by atoms with van der Waals surface area (Å²) in [5, 5.41) is 19.4. The van der Waals surface area contributed by atoms with Crippen molar-refractivity contribution in [3.8, 4) is 11.9 Å². The normalized spacial score (nSPS) is 19.0. The predicted octanol–water partition coefficient (Wildman–Crippen LogP) is 3.21. The van der Waals surface area contributed by atoms with Gasteiger partial charge in [-0.25, -0.2) is 17.8 Å². The summed E-state index contributed by atoms with van der Waals surface area (Å²) in [5.41, 5.74) is -2.03. The molecule has 0 bridgehead atoms. The number of nitrogens with zero attached hydrogens (tertiary/aromatic N) is 4. The van der Waals surface area contributed by atoms with Crippen molar-refractivity contribution in [1.29, 1.82) is 5.26 Å². The zero-order valence-electron chi connectivity index (χ0n) is 17.6. The molecule has 3 rings (SSSR count). The molecular formula is C20H21FN4O6S. The number of nitriles is 1. The van der Waals surface area contributed by atoms with Crippen LogP contribution in [0.5, 0.6) is 5.88 Å². The molecule has 0 N–H and O–H groups in total. The van der Waals surface area contributed by atoms with Gasteiger partial charge >= 0.3 is 5.69 Å². The van der Waals surface area contributed by atoms with Gasteiger partial charge in [0.15, 0.2) is 5.69 Å². The second-order valence-electron chi connectivity index (χ2n) is 7.89. The molecule has 0 aliphatic carbocycles. The molecule has 170 valence electrons. The van der Waals surface area contributed by atoms with Gasteiger partial charge in [-0.1, -0.05) is 12.1 Å².